The molecule has 0 atom stereocenters. The van der Waals surface area contributed by atoms with E-state index in [0.717, 1.165) is 5.56 Å². The maximum absolute atomic E-state index is 12.2. The summed E-state index contributed by atoms with van der Waals surface area (Å²) in [5.41, 5.74) is 2.35. The van der Waals surface area contributed by atoms with Gasteiger partial charge in [-0.3, -0.25) is 4.79 Å². The van der Waals surface area contributed by atoms with Crippen LogP contribution in [-0.4, -0.2) is 11.0 Å². The molecule has 3 nitrogen and oxygen atoms in total. The molecule has 5 heteroatoms. The number of carbonyl (C=O) groups is 1. The number of phenols is 1. The Labute approximate surface area is 146 Å². The van der Waals surface area contributed by atoms with E-state index in [1.807, 2.05) is 12.1 Å². The number of hydrogen-bond acceptors (Lipinski definition) is 2. The Morgan fingerprint density at radius 2 is 1.74 bits per heavy atom. The summed E-state index contributed by atoms with van der Waals surface area (Å²) in [6.45, 7) is 6.80. The van der Waals surface area contributed by atoms with Crippen molar-refractivity contribution in [2.24, 2.45) is 0 Å². The first-order valence-corrected chi connectivity index (χ1v) is 7.99. The Balaban J connectivity index is 2.08. The van der Waals surface area contributed by atoms with Crippen molar-refractivity contribution < 1.29 is 9.90 Å². The fourth-order valence-corrected chi connectivity index (χ4v) is 2.63. The maximum atomic E-state index is 12.2. The molecular formula is C18H19Cl2NO2. The second kappa shape index (κ2) is 6.81. The molecule has 0 aliphatic heterocycles. The quantitative estimate of drug-likeness (QED) is 0.823. The SMILES string of the molecule is CC(C)(C)c1ccc(CNC(=O)c2cc(Cl)cc(Cl)c2O)cc1. The van der Waals surface area contributed by atoms with Gasteiger partial charge >= 0.3 is 0 Å². The number of carbonyl (C=O) groups excluding carboxylic acids is 1. The van der Waals surface area contributed by atoms with Crippen LogP contribution in [0.4, 0.5) is 0 Å². The van der Waals surface area contributed by atoms with Crippen LogP contribution in [0.1, 0.15) is 42.3 Å². The van der Waals surface area contributed by atoms with Crippen molar-refractivity contribution in [1.29, 1.82) is 0 Å². The summed E-state index contributed by atoms with van der Waals surface area (Å²) in [7, 11) is 0. The monoisotopic (exact) mass is 351 g/mol. The third-order valence-electron chi connectivity index (χ3n) is 3.55. The van der Waals surface area contributed by atoms with E-state index in [9.17, 15) is 9.90 Å². The first kappa shape index (κ1) is 17.6. The zero-order valence-corrected chi connectivity index (χ0v) is 14.8. The van der Waals surface area contributed by atoms with Gasteiger partial charge in [0.2, 0.25) is 0 Å². The van der Waals surface area contributed by atoms with E-state index in [4.69, 9.17) is 23.2 Å². The molecule has 2 aromatic rings. The molecule has 0 aromatic heterocycles. The van der Waals surface area contributed by atoms with Gasteiger partial charge in [-0.2, -0.15) is 0 Å². The summed E-state index contributed by atoms with van der Waals surface area (Å²) < 4.78 is 0. The smallest absolute Gasteiger partial charge is 0.255 e. The van der Waals surface area contributed by atoms with Gasteiger partial charge in [0.1, 0.15) is 5.75 Å². The lowest BCUT2D eigenvalue weighted by Gasteiger charge is -2.19. The molecule has 1 amide bonds. The van der Waals surface area contributed by atoms with Crippen molar-refractivity contribution in [3.63, 3.8) is 0 Å². The van der Waals surface area contributed by atoms with Crippen LogP contribution >= 0.6 is 23.2 Å². The second-order valence-electron chi connectivity index (χ2n) is 6.41. The van der Waals surface area contributed by atoms with Crippen LogP contribution in [0.3, 0.4) is 0 Å². The summed E-state index contributed by atoms with van der Waals surface area (Å²) in [5.74, 6) is -0.691. The summed E-state index contributed by atoms with van der Waals surface area (Å²) in [6, 6.07) is 10.8. The number of benzene rings is 2. The molecule has 0 aliphatic carbocycles. The molecule has 0 saturated heterocycles. The van der Waals surface area contributed by atoms with E-state index in [-0.39, 0.29) is 21.8 Å². The summed E-state index contributed by atoms with van der Waals surface area (Å²) in [6.07, 6.45) is 0. The molecule has 0 aliphatic rings. The van der Waals surface area contributed by atoms with Crippen LogP contribution < -0.4 is 5.32 Å². The molecule has 0 heterocycles. The van der Waals surface area contributed by atoms with Crippen molar-refractivity contribution >= 4 is 29.1 Å². The highest BCUT2D eigenvalue weighted by Crippen LogP contribution is 2.31. The van der Waals surface area contributed by atoms with Crippen LogP contribution in [0.15, 0.2) is 36.4 Å². The fourth-order valence-electron chi connectivity index (χ4n) is 2.14. The number of hydrogen-bond donors (Lipinski definition) is 2. The van der Waals surface area contributed by atoms with Gasteiger partial charge in [0.15, 0.2) is 0 Å². The lowest BCUT2D eigenvalue weighted by Crippen LogP contribution is -2.23. The van der Waals surface area contributed by atoms with E-state index in [0.29, 0.717) is 11.6 Å². The van der Waals surface area contributed by atoms with E-state index < -0.39 is 5.91 Å². The molecule has 2 rings (SSSR count). The number of nitrogens with one attached hydrogen (secondary N) is 1. The standard InChI is InChI=1S/C18H19Cl2NO2/c1-18(2,3)12-6-4-11(5-7-12)10-21-17(23)14-8-13(19)9-15(20)16(14)22/h4-9,22H,10H2,1-3H3,(H,21,23). The number of halogens is 2. The van der Waals surface area contributed by atoms with Crippen LogP contribution in [-0.2, 0) is 12.0 Å². The molecule has 122 valence electrons. The highest BCUT2D eigenvalue weighted by atomic mass is 35.5. The average molecular weight is 352 g/mol. The van der Waals surface area contributed by atoms with Crippen LogP contribution in [0.2, 0.25) is 10.0 Å². The Hall–Kier alpha value is -1.71. The van der Waals surface area contributed by atoms with Gasteiger partial charge in [-0.05, 0) is 28.7 Å². The summed E-state index contributed by atoms with van der Waals surface area (Å²) in [5, 5.41) is 13.0. The van der Waals surface area contributed by atoms with Gasteiger partial charge in [0, 0.05) is 11.6 Å². The minimum atomic E-state index is -0.424. The molecule has 2 N–H and O–H groups in total. The molecular weight excluding hydrogens is 333 g/mol. The van der Waals surface area contributed by atoms with Crippen molar-refractivity contribution in [3.8, 4) is 5.75 Å². The van der Waals surface area contributed by atoms with Crippen molar-refractivity contribution in [1.82, 2.24) is 5.32 Å². The van der Waals surface area contributed by atoms with E-state index in [2.05, 4.69) is 38.2 Å². The normalized spacial score (nSPS) is 11.3. The molecule has 23 heavy (non-hydrogen) atoms. The third-order valence-corrected chi connectivity index (χ3v) is 4.05. The average Bonchev–Trinajstić information content (AvgIpc) is 2.48. The zero-order valence-electron chi connectivity index (χ0n) is 13.3. The van der Waals surface area contributed by atoms with Crippen LogP contribution in [0.5, 0.6) is 5.75 Å². The van der Waals surface area contributed by atoms with Gasteiger partial charge in [-0.25, -0.2) is 0 Å². The van der Waals surface area contributed by atoms with Gasteiger partial charge in [0.05, 0.1) is 10.6 Å². The third kappa shape index (κ3) is 4.40. The predicted octanol–water partition coefficient (Wildman–Crippen LogP) is 4.93. The number of phenolic OH excluding ortho intramolecular Hbond substituents is 1. The number of aromatic hydroxyl groups is 1. The summed E-state index contributed by atoms with van der Waals surface area (Å²) >= 11 is 11.7. The van der Waals surface area contributed by atoms with Gasteiger partial charge in [-0.15, -0.1) is 0 Å². The van der Waals surface area contributed by atoms with E-state index in [1.165, 1.54) is 17.7 Å². The Morgan fingerprint density at radius 1 is 1.13 bits per heavy atom. The molecule has 0 bridgehead atoms. The van der Waals surface area contributed by atoms with Crippen LogP contribution in [0, 0.1) is 0 Å². The fraction of sp³-hybridized carbons (Fsp3) is 0.278. The molecule has 0 fully saturated rings. The summed E-state index contributed by atoms with van der Waals surface area (Å²) in [4.78, 5) is 12.2. The lowest BCUT2D eigenvalue weighted by atomic mass is 9.87. The number of amides is 1. The molecule has 0 unspecified atom stereocenters. The maximum Gasteiger partial charge on any atom is 0.255 e. The Bertz CT molecular complexity index is 719. The lowest BCUT2D eigenvalue weighted by molar-refractivity contribution is 0.0948. The molecule has 2 aromatic carbocycles. The van der Waals surface area contributed by atoms with E-state index in [1.54, 1.807) is 0 Å². The highest BCUT2D eigenvalue weighted by molar-refractivity contribution is 6.36. The topological polar surface area (TPSA) is 49.3 Å². The van der Waals surface area contributed by atoms with E-state index >= 15 is 0 Å². The zero-order chi connectivity index (χ0) is 17.2. The highest BCUT2D eigenvalue weighted by Gasteiger charge is 2.16. The molecule has 0 saturated carbocycles. The Morgan fingerprint density at radius 3 is 2.30 bits per heavy atom. The van der Waals surface area contributed by atoms with Crippen LogP contribution in [0.25, 0.3) is 0 Å². The minimum absolute atomic E-state index is 0.0529. The number of rotatable bonds is 3. The first-order valence-electron chi connectivity index (χ1n) is 7.24. The van der Waals surface area contributed by atoms with Crippen molar-refractivity contribution in [3.05, 3.63) is 63.1 Å². The largest absolute Gasteiger partial charge is 0.506 e. The minimum Gasteiger partial charge on any atom is -0.506 e. The molecule has 0 radical (unpaired) electrons. The first-order chi connectivity index (χ1) is 10.7. The second-order valence-corrected chi connectivity index (χ2v) is 7.26. The van der Waals surface area contributed by atoms with Crippen molar-refractivity contribution in [2.45, 2.75) is 32.7 Å². The van der Waals surface area contributed by atoms with Crippen molar-refractivity contribution in [2.75, 3.05) is 0 Å². The molecule has 0 spiro atoms. The predicted molar refractivity (Wildman–Crippen MR) is 94.4 cm³/mol. The van der Waals surface area contributed by atoms with Gasteiger partial charge in [0.25, 0.3) is 5.91 Å². The Kier molecular flexibility index (Phi) is 5.23. The van der Waals surface area contributed by atoms with Gasteiger partial charge < -0.3 is 10.4 Å². The van der Waals surface area contributed by atoms with Gasteiger partial charge in [-0.1, -0.05) is 68.2 Å².